The van der Waals surface area contributed by atoms with Crippen LogP contribution in [0.1, 0.15) is 25.7 Å². The third-order valence-corrected chi connectivity index (χ3v) is 4.19. The molecule has 0 saturated carbocycles. The van der Waals surface area contributed by atoms with Crippen molar-refractivity contribution in [3.63, 3.8) is 0 Å². The minimum absolute atomic E-state index is 0.328. The Balaban J connectivity index is 2.15. The van der Waals surface area contributed by atoms with Crippen LogP contribution < -0.4 is 0 Å². The number of carbonyl (C=O) groups excluding carboxylic acids is 1. The van der Waals surface area contributed by atoms with Gasteiger partial charge in [-0.05, 0) is 0 Å². The number of hydrogen-bond donors (Lipinski definition) is 0. The number of halogens is 6. The van der Waals surface area contributed by atoms with Gasteiger partial charge in [0.2, 0.25) is 11.2 Å². The Morgan fingerprint density at radius 3 is 1.25 bits per heavy atom. The summed E-state index contributed by atoms with van der Waals surface area (Å²) in [6.07, 6.45) is -14.7. The average Bonchev–Trinajstić information content (AvgIpc) is 2.46. The maximum Gasteiger partial charge on any atom is 0.510 e. The van der Waals surface area contributed by atoms with Crippen molar-refractivity contribution in [3.05, 3.63) is 0 Å². The summed E-state index contributed by atoms with van der Waals surface area (Å²) in [5.41, 5.74) is -5.80. The van der Waals surface area contributed by atoms with Crippen LogP contribution in [-0.4, -0.2) is 56.1 Å². The van der Waals surface area contributed by atoms with Crippen LogP contribution in [0.2, 0.25) is 0 Å². The van der Waals surface area contributed by atoms with Crippen LogP contribution in [0, 0.1) is 0 Å². The van der Waals surface area contributed by atoms with Crippen molar-refractivity contribution in [2.24, 2.45) is 0 Å². The van der Waals surface area contributed by atoms with Crippen LogP contribution in [0.25, 0.3) is 0 Å². The Kier molecular flexibility index (Phi) is 5.24. The third kappa shape index (κ3) is 3.71. The molecular weight excluding hydrogens is 350 g/mol. The molecule has 2 heterocycles. The zero-order valence-corrected chi connectivity index (χ0v) is 12.5. The molecule has 0 aliphatic carbocycles. The number of rotatable bonds is 2. The predicted molar refractivity (Wildman–Crippen MR) is 65.2 cm³/mol. The van der Waals surface area contributed by atoms with E-state index >= 15 is 0 Å². The van der Waals surface area contributed by atoms with Gasteiger partial charge in [-0.1, -0.05) is 0 Å². The Bertz CT molecular complexity index is 409. The molecule has 2 fully saturated rings. The molecule has 2 aliphatic rings. The normalized spacial score (nSPS) is 24.2. The molecule has 0 aromatic carbocycles. The molecule has 0 atom stereocenters. The lowest BCUT2D eigenvalue weighted by atomic mass is 9.93. The minimum atomic E-state index is -4.95. The number of alkyl halides is 6. The van der Waals surface area contributed by atoms with Gasteiger partial charge in [0.25, 0.3) is 0 Å². The molecule has 0 N–H and O–H groups in total. The van der Waals surface area contributed by atoms with Crippen LogP contribution in [0.5, 0.6) is 0 Å². The van der Waals surface area contributed by atoms with Crippen molar-refractivity contribution in [1.82, 2.24) is 0 Å². The summed E-state index contributed by atoms with van der Waals surface area (Å²) in [6.45, 7) is -1.31. The molecule has 140 valence electrons. The number of ether oxygens (including phenoxy) is 4. The minimum Gasteiger partial charge on any atom is -0.418 e. The molecular formula is C13H16F6O5. The van der Waals surface area contributed by atoms with E-state index in [1.807, 2.05) is 0 Å². The first-order valence-corrected chi connectivity index (χ1v) is 7.22. The van der Waals surface area contributed by atoms with E-state index in [-0.39, 0.29) is 26.4 Å². The molecule has 0 amide bonds. The van der Waals surface area contributed by atoms with Gasteiger partial charge in [-0.25, -0.2) is 4.79 Å². The first-order chi connectivity index (χ1) is 11.0. The highest BCUT2D eigenvalue weighted by Crippen LogP contribution is 2.44. The largest absolute Gasteiger partial charge is 0.510 e. The number of carbonyl (C=O) groups is 1. The fourth-order valence-corrected chi connectivity index (χ4v) is 2.63. The van der Waals surface area contributed by atoms with Gasteiger partial charge in [0.15, 0.2) is 0 Å². The Labute approximate surface area is 133 Å². The standard InChI is InChI=1S/C13H16F6O5/c14-12(15,16)10(1-5-21-6-2-10)23-9(20)24-11(13(17,18)19)3-7-22-8-4-11/h1-8H2. The van der Waals surface area contributed by atoms with Crippen LogP contribution >= 0.6 is 0 Å². The summed E-state index contributed by atoms with van der Waals surface area (Å²) < 4.78 is 97.7. The average molecular weight is 366 g/mol. The molecule has 24 heavy (non-hydrogen) atoms. The van der Waals surface area contributed by atoms with Gasteiger partial charge in [-0.3, -0.25) is 0 Å². The molecule has 0 aromatic rings. The summed E-state index contributed by atoms with van der Waals surface area (Å²) in [4.78, 5) is 11.8. The molecule has 2 aliphatic heterocycles. The van der Waals surface area contributed by atoms with Gasteiger partial charge < -0.3 is 18.9 Å². The van der Waals surface area contributed by atoms with Crippen molar-refractivity contribution in [1.29, 1.82) is 0 Å². The van der Waals surface area contributed by atoms with Crippen LogP contribution in [0.3, 0.4) is 0 Å². The summed E-state index contributed by atoms with van der Waals surface area (Å²) in [5.74, 6) is 0. The highest BCUT2D eigenvalue weighted by Gasteiger charge is 2.62. The lowest BCUT2D eigenvalue weighted by molar-refractivity contribution is -0.307. The van der Waals surface area contributed by atoms with Gasteiger partial charge in [-0.15, -0.1) is 0 Å². The second-order valence-corrected chi connectivity index (χ2v) is 5.66. The van der Waals surface area contributed by atoms with Crippen LogP contribution in [0.4, 0.5) is 31.1 Å². The fraction of sp³-hybridized carbons (Fsp3) is 0.923. The molecule has 11 heteroatoms. The smallest absolute Gasteiger partial charge is 0.418 e. The van der Waals surface area contributed by atoms with E-state index in [4.69, 9.17) is 9.47 Å². The zero-order valence-electron chi connectivity index (χ0n) is 12.5. The third-order valence-electron chi connectivity index (χ3n) is 4.19. The molecule has 0 spiro atoms. The SMILES string of the molecule is O=C(OC1(C(F)(F)F)CCOCC1)OC1(C(F)(F)F)CCOCC1. The number of hydrogen-bond acceptors (Lipinski definition) is 5. The Hall–Kier alpha value is -1.23. The van der Waals surface area contributed by atoms with Gasteiger partial charge >= 0.3 is 18.5 Å². The maximum absolute atomic E-state index is 13.2. The van der Waals surface area contributed by atoms with Gasteiger partial charge in [0.05, 0.1) is 26.4 Å². The van der Waals surface area contributed by atoms with Crippen molar-refractivity contribution in [3.8, 4) is 0 Å². The second-order valence-electron chi connectivity index (χ2n) is 5.66. The fourth-order valence-electron chi connectivity index (χ4n) is 2.63. The van der Waals surface area contributed by atoms with Crippen molar-refractivity contribution < 1.29 is 50.1 Å². The van der Waals surface area contributed by atoms with E-state index in [0.29, 0.717) is 0 Å². The summed E-state index contributed by atoms with van der Waals surface area (Å²) >= 11 is 0. The lowest BCUT2D eigenvalue weighted by Crippen LogP contribution is -2.56. The maximum atomic E-state index is 13.2. The first-order valence-electron chi connectivity index (χ1n) is 7.22. The van der Waals surface area contributed by atoms with E-state index in [9.17, 15) is 31.1 Å². The predicted octanol–water partition coefficient (Wildman–Crippen LogP) is 3.36. The second kappa shape index (κ2) is 6.58. The zero-order chi connectivity index (χ0) is 18.1. The molecule has 0 unspecified atom stereocenters. The topological polar surface area (TPSA) is 54.0 Å². The molecule has 2 saturated heterocycles. The van der Waals surface area contributed by atoms with E-state index in [0.717, 1.165) is 0 Å². The van der Waals surface area contributed by atoms with Gasteiger partial charge in [-0.2, -0.15) is 26.3 Å². The highest BCUT2D eigenvalue weighted by atomic mass is 19.4. The van der Waals surface area contributed by atoms with Gasteiger partial charge in [0, 0.05) is 25.7 Å². The van der Waals surface area contributed by atoms with E-state index in [1.165, 1.54) is 0 Å². The van der Waals surface area contributed by atoms with E-state index in [1.54, 1.807) is 0 Å². The van der Waals surface area contributed by atoms with Crippen LogP contribution in [0.15, 0.2) is 0 Å². The molecule has 5 nitrogen and oxygen atoms in total. The molecule has 0 bridgehead atoms. The quantitative estimate of drug-likeness (QED) is 0.554. The van der Waals surface area contributed by atoms with Crippen molar-refractivity contribution in [2.45, 2.75) is 49.2 Å². The monoisotopic (exact) mass is 366 g/mol. The van der Waals surface area contributed by atoms with E-state index < -0.39 is 55.4 Å². The van der Waals surface area contributed by atoms with Crippen molar-refractivity contribution >= 4 is 6.16 Å². The van der Waals surface area contributed by atoms with Crippen LogP contribution in [-0.2, 0) is 18.9 Å². The first kappa shape index (κ1) is 19.1. The highest BCUT2D eigenvalue weighted by molar-refractivity contribution is 5.61. The lowest BCUT2D eigenvalue weighted by Gasteiger charge is -2.40. The van der Waals surface area contributed by atoms with Gasteiger partial charge in [0.1, 0.15) is 0 Å². The Morgan fingerprint density at radius 2 is 1.00 bits per heavy atom. The van der Waals surface area contributed by atoms with Crippen molar-refractivity contribution in [2.75, 3.05) is 26.4 Å². The molecule has 0 aromatic heterocycles. The Morgan fingerprint density at radius 1 is 0.708 bits per heavy atom. The molecule has 0 radical (unpaired) electrons. The van der Waals surface area contributed by atoms with E-state index in [2.05, 4.69) is 9.47 Å². The summed E-state index contributed by atoms with van der Waals surface area (Å²) in [5, 5.41) is 0. The molecule has 2 rings (SSSR count). The summed E-state index contributed by atoms with van der Waals surface area (Å²) in [7, 11) is 0. The summed E-state index contributed by atoms with van der Waals surface area (Å²) in [6, 6.07) is 0.